The van der Waals surface area contributed by atoms with Crippen molar-refractivity contribution >= 4 is 107 Å². The second-order valence-corrected chi connectivity index (χ2v) is 33.8. The zero-order valence-electron chi connectivity index (χ0n) is 60.7. The van der Waals surface area contributed by atoms with Gasteiger partial charge in [0, 0.05) is 86.2 Å². The number of pyridine rings is 1. The molecule has 503 valence electrons. The minimum atomic E-state index is -0.275. The molecule has 0 N–H and O–H groups in total. The summed E-state index contributed by atoms with van der Waals surface area (Å²) in [7, 11) is 0. The van der Waals surface area contributed by atoms with Gasteiger partial charge in [-0.3, -0.25) is 9.37 Å². The molecule has 0 saturated heterocycles. The molecule has 0 aliphatic carbocycles. The maximum absolute atomic E-state index is 12.7. The quantitative estimate of drug-likeness (QED) is 0.123. The molecular weight excluding hydrogens is 1420 g/mol. The monoisotopic (exact) mass is 1510 g/mol. The van der Waals surface area contributed by atoms with Gasteiger partial charge in [-0.25, -0.2) is 0 Å². The fourth-order valence-corrected chi connectivity index (χ4v) is 16.7. The molecular formula is C90H85BFIrN5OS-2. The van der Waals surface area contributed by atoms with E-state index in [-0.39, 0.29) is 66.1 Å². The van der Waals surface area contributed by atoms with Gasteiger partial charge in [-0.15, -0.1) is 48.0 Å². The molecule has 0 unspecified atom stereocenters. The number of anilines is 3. The van der Waals surface area contributed by atoms with Crippen LogP contribution in [-0.4, -0.2) is 25.8 Å². The van der Waals surface area contributed by atoms with E-state index in [0.717, 1.165) is 72.3 Å². The molecule has 10 aromatic carbocycles. The summed E-state index contributed by atoms with van der Waals surface area (Å²) >= 11 is 1.95. The Morgan fingerprint density at radius 1 is 0.530 bits per heavy atom. The Labute approximate surface area is 606 Å². The fraction of sp³-hybridized carbons (Fsp3) is 0.267. The minimum absolute atomic E-state index is 0. The van der Waals surface area contributed by atoms with E-state index in [9.17, 15) is 4.39 Å². The molecule has 100 heavy (non-hydrogen) atoms. The zero-order chi connectivity index (χ0) is 69.4. The third kappa shape index (κ3) is 10.8. The number of imidazole rings is 1. The van der Waals surface area contributed by atoms with E-state index in [1.54, 1.807) is 6.07 Å². The number of benzene rings is 10. The first-order valence-electron chi connectivity index (χ1n) is 35.2. The predicted molar refractivity (Wildman–Crippen MR) is 417 cm³/mol. The number of hydrogen-bond donors (Lipinski definition) is 0. The average molecular weight is 1510 g/mol. The van der Waals surface area contributed by atoms with Crippen molar-refractivity contribution in [2.45, 2.75) is 168 Å². The number of halogens is 1. The molecule has 14 aromatic rings. The van der Waals surface area contributed by atoms with E-state index in [1.807, 2.05) is 37.9 Å². The summed E-state index contributed by atoms with van der Waals surface area (Å²) in [6.45, 7) is 41.5. The minimum Gasteiger partial charge on any atom is -0.500 e. The van der Waals surface area contributed by atoms with Crippen LogP contribution >= 0.6 is 11.8 Å². The van der Waals surface area contributed by atoms with Gasteiger partial charge in [0.25, 0.3) is 6.71 Å². The Kier molecular flexibility index (Phi) is 16.0. The molecule has 10 heteroatoms. The fourth-order valence-electron chi connectivity index (χ4n) is 15.5. The van der Waals surface area contributed by atoms with Crippen molar-refractivity contribution < 1.29 is 28.9 Å². The summed E-state index contributed by atoms with van der Waals surface area (Å²) in [4.78, 5) is 15.0. The number of aromatic nitrogens is 4. The molecule has 0 spiro atoms. The smallest absolute Gasteiger partial charge is 0.252 e. The molecule has 1 radical (unpaired) electrons. The van der Waals surface area contributed by atoms with Crippen LogP contribution in [0.1, 0.15) is 167 Å². The third-order valence-electron chi connectivity index (χ3n) is 21.2. The first-order valence-corrected chi connectivity index (χ1v) is 36.0. The molecule has 3 aliphatic rings. The van der Waals surface area contributed by atoms with E-state index in [0.29, 0.717) is 0 Å². The first-order chi connectivity index (χ1) is 47.0. The molecule has 6 nitrogen and oxygen atoms in total. The molecule has 3 aliphatic heterocycles. The summed E-state index contributed by atoms with van der Waals surface area (Å²) < 4.78 is 25.3. The molecule has 7 heterocycles. The normalized spacial score (nSPS) is 13.4. The zero-order valence-corrected chi connectivity index (χ0v) is 64.0. The summed E-state index contributed by atoms with van der Waals surface area (Å²) in [6.07, 6.45) is 1.82. The topological polar surface area (TPSA) is 52.0 Å². The molecule has 0 bridgehead atoms. The molecule has 4 aromatic heterocycles. The number of rotatable bonds is 6. The summed E-state index contributed by atoms with van der Waals surface area (Å²) in [5.74, 6) is 1.12. The molecule has 17 rings (SSSR count). The van der Waals surface area contributed by atoms with Crippen molar-refractivity contribution in [3.63, 3.8) is 0 Å². The first kappa shape index (κ1) is 67.1. The maximum atomic E-state index is 12.7. The maximum Gasteiger partial charge on any atom is 0.252 e. The van der Waals surface area contributed by atoms with E-state index < -0.39 is 0 Å². The Balaban J connectivity index is 0.000000450. The van der Waals surface area contributed by atoms with Crippen molar-refractivity contribution in [1.29, 1.82) is 0 Å². The summed E-state index contributed by atoms with van der Waals surface area (Å²) in [5, 5.41) is 4.73. The predicted octanol–water partition coefficient (Wildman–Crippen LogP) is 23.0. The number of para-hydroxylation sites is 4. The number of fused-ring (bicyclic) bond motifs is 13. The molecule has 0 saturated carbocycles. The summed E-state index contributed by atoms with van der Waals surface area (Å²) in [6, 6.07) is 69.1. The van der Waals surface area contributed by atoms with Crippen molar-refractivity contribution in [2.24, 2.45) is 0 Å². The van der Waals surface area contributed by atoms with Gasteiger partial charge in [0.1, 0.15) is 5.58 Å². The van der Waals surface area contributed by atoms with Gasteiger partial charge in [-0.2, -0.15) is 0 Å². The van der Waals surface area contributed by atoms with E-state index in [4.69, 9.17) is 9.40 Å². The van der Waals surface area contributed by atoms with Gasteiger partial charge >= 0.3 is 0 Å². The van der Waals surface area contributed by atoms with Crippen molar-refractivity contribution in [1.82, 2.24) is 19.1 Å². The number of hydrogen-bond acceptors (Lipinski definition) is 5. The Morgan fingerprint density at radius 2 is 1.17 bits per heavy atom. The third-order valence-corrected chi connectivity index (χ3v) is 22.3. The van der Waals surface area contributed by atoms with Gasteiger partial charge in [0.2, 0.25) is 0 Å². The Morgan fingerprint density at radius 3 is 1.86 bits per heavy atom. The second-order valence-electron chi connectivity index (χ2n) is 32.7. The second kappa shape index (κ2) is 23.9. The van der Waals surface area contributed by atoms with Gasteiger partial charge in [-0.1, -0.05) is 218 Å². The van der Waals surface area contributed by atoms with E-state index in [1.165, 1.54) is 127 Å². The van der Waals surface area contributed by atoms with E-state index >= 15 is 0 Å². The van der Waals surface area contributed by atoms with Crippen LogP contribution in [0, 0.1) is 31.8 Å². The Hall–Kier alpha value is -8.79. The largest absolute Gasteiger partial charge is 0.500 e. The van der Waals surface area contributed by atoms with Crippen LogP contribution < -0.4 is 21.3 Å². The number of nitrogens with zero attached hydrogens (tertiary/aromatic N) is 5. The van der Waals surface area contributed by atoms with E-state index in [2.05, 4.69) is 288 Å². The van der Waals surface area contributed by atoms with Gasteiger partial charge in [0.15, 0.2) is 0 Å². The van der Waals surface area contributed by atoms with Crippen LogP contribution in [0.5, 0.6) is 0 Å². The van der Waals surface area contributed by atoms with Crippen LogP contribution in [0.15, 0.2) is 190 Å². The van der Waals surface area contributed by atoms with Crippen molar-refractivity contribution in [2.75, 3.05) is 4.90 Å². The van der Waals surface area contributed by atoms with Crippen LogP contribution in [-0.2, 0) is 41.8 Å². The molecule has 0 fully saturated rings. The van der Waals surface area contributed by atoms with Crippen LogP contribution in [0.4, 0.5) is 21.5 Å². The van der Waals surface area contributed by atoms with Gasteiger partial charge in [-0.05, 0) is 175 Å². The standard InChI is InChI=1S/C77H74BN4OS.C13H11FN.Ir/c1-42(2)49-22-19-23-50(43(3)4)68(49)82-61-29-18-17-28-59(61)79-73(82)54-27-21-26-53-52-25-20-24-51(71(52)83-72(53)54)44-34-63-67-64(35-44)81-62-33-31-46(75(8,9)10)40-65(62)84-66-41-48(77(14,15)16)39-58(70(66)81)78(67)57-38-47(76(11,12)13)37-56-55-36-45(74(5,6)7)30-32-60(55)80(63)69(56)57;1-9-7-13(15-8-10(9)2)11-3-5-12(14)6-4-11;/h17-26,28-43H,1-16H3;3,5-8H,1-2H3;/q2*-1;. The average Bonchev–Trinajstić information content (AvgIpc) is 1.25. The number of aryl methyl sites for hydroxylation is 2. The van der Waals surface area contributed by atoms with Crippen LogP contribution in [0.2, 0.25) is 0 Å². The SMILES string of the molecule is CC(C)c1cccc(C(C)C)c1-n1c(-c2[c-]ccc3c2oc2c(-c4cc5c6c(c4)-n4c7ccc(C(C)(C)C)cc7c7cc(C(C)(C)C)cc(c74)B6c4cc(C(C)(C)C)cc6c4N5c4ccc(C(C)(C)C)cc4S6)cccc23)nc2ccccc21.Cc1cnc(-c2[c-]cc(F)cc2)cc1C.[Ir]. The molecule has 0 atom stereocenters. The van der Waals surface area contributed by atoms with Gasteiger partial charge in [0.05, 0.1) is 39.3 Å². The van der Waals surface area contributed by atoms with Gasteiger partial charge < -0.3 is 23.4 Å². The van der Waals surface area contributed by atoms with Crippen LogP contribution in [0.3, 0.4) is 0 Å². The molecule has 0 amide bonds. The van der Waals surface area contributed by atoms with Crippen LogP contribution in [0.25, 0.3) is 99.9 Å². The van der Waals surface area contributed by atoms with Crippen molar-refractivity contribution in [3.8, 4) is 45.1 Å². The summed E-state index contributed by atoms with van der Waals surface area (Å²) in [5.41, 5.74) is 31.1. The number of furan rings is 1. The Bertz CT molecular complexity index is 5680. The van der Waals surface area contributed by atoms with Crippen molar-refractivity contribution in [3.05, 3.63) is 239 Å².